The summed E-state index contributed by atoms with van der Waals surface area (Å²) in [4.78, 5) is 8.74. The van der Waals surface area contributed by atoms with Crippen molar-refractivity contribution in [2.24, 2.45) is 0 Å². The molecule has 1 saturated heterocycles. The molecule has 1 aromatic heterocycles. The number of likely N-dealkylation sites (N-methyl/N-ethyl adjacent to an activating group) is 1. The highest BCUT2D eigenvalue weighted by Gasteiger charge is 2.28. The molecule has 0 amide bonds. The number of hydrogen-bond donors (Lipinski definition) is 3. The predicted octanol–water partition coefficient (Wildman–Crippen LogP) is 5.31. The first-order chi connectivity index (χ1) is 17.4. The van der Waals surface area contributed by atoms with Crippen molar-refractivity contribution >= 4 is 44.3 Å². The van der Waals surface area contributed by atoms with Gasteiger partial charge in [0.25, 0.3) is 0 Å². The van der Waals surface area contributed by atoms with E-state index < -0.39 is 14.8 Å². The Morgan fingerprint density at radius 1 is 0.919 bits per heavy atom. The van der Waals surface area contributed by atoms with Crippen molar-refractivity contribution in [1.29, 1.82) is 0 Å². The van der Waals surface area contributed by atoms with E-state index in [0.29, 0.717) is 22.9 Å². The highest BCUT2D eigenvalue weighted by atomic mass is 32.2. The fourth-order valence-corrected chi connectivity index (χ4v) is 4.63. The molecule has 3 N–H and O–H groups in total. The number of halogens is 1. The maximum absolute atomic E-state index is 14.9. The summed E-state index contributed by atoms with van der Waals surface area (Å²) in [5, 5.41) is 6.52. The molecule has 37 heavy (non-hydrogen) atoms. The highest BCUT2D eigenvalue weighted by Crippen LogP contribution is 2.29. The summed E-state index contributed by atoms with van der Waals surface area (Å²) in [7, 11) is -1.47. The molecule has 3 aromatic rings. The second-order valence-corrected chi connectivity index (χ2v) is 12.8. The molecule has 0 radical (unpaired) electrons. The Bertz CT molecular complexity index is 1370. The lowest BCUT2D eigenvalue weighted by Crippen LogP contribution is -2.44. The van der Waals surface area contributed by atoms with Crippen LogP contribution in [0.4, 0.5) is 38.6 Å². The summed E-state index contributed by atoms with van der Waals surface area (Å²) in [5.41, 5.74) is 4.11. The van der Waals surface area contributed by atoms with Gasteiger partial charge in [0.15, 0.2) is 0 Å². The molecule has 0 bridgehead atoms. The fraction of sp³-hybridized carbons (Fsp3) is 0.370. The van der Waals surface area contributed by atoms with Crippen molar-refractivity contribution in [1.82, 2.24) is 9.88 Å². The first kappa shape index (κ1) is 26.7. The first-order valence-electron chi connectivity index (χ1n) is 12.3. The van der Waals surface area contributed by atoms with E-state index in [1.54, 1.807) is 51.2 Å². The van der Waals surface area contributed by atoms with Crippen LogP contribution in [0.5, 0.6) is 0 Å². The Balaban J connectivity index is 1.48. The minimum absolute atomic E-state index is 0.269. The van der Waals surface area contributed by atoms with Crippen molar-refractivity contribution in [3.8, 4) is 0 Å². The highest BCUT2D eigenvalue weighted by molar-refractivity contribution is 7.94. The summed E-state index contributed by atoms with van der Waals surface area (Å²) in [5.74, 6) is 0.291. The van der Waals surface area contributed by atoms with Crippen LogP contribution in [-0.4, -0.2) is 56.3 Å². The molecule has 198 valence electrons. The SMILES string of the molecule is Cc1cnc(Nc2ccc(N3CCN(C)CC3)c(F)c2)cc1Nc1cccc(NS(=O)(=O)C(C)(C)C)c1. The zero-order valence-corrected chi connectivity index (χ0v) is 22.8. The van der Waals surface area contributed by atoms with E-state index in [1.165, 1.54) is 6.07 Å². The van der Waals surface area contributed by atoms with Crippen molar-refractivity contribution in [2.75, 3.05) is 53.5 Å². The number of nitrogens with zero attached hydrogens (tertiary/aromatic N) is 3. The Labute approximate surface area is 219 Å². The van der Waals surface area contributed by atoms with Crippen molar-refractivity contribution in [3.05, 3.63) is 66.1 Å². The molecule has 1 fully saturated rings. The lowest BCUT2D eigenvalue weighted by molar-refractivity contribution is 0.311. The first-order valence-corrected chi connectivity index (χ1v) is 13.8. The molecule has 0 unspecified atom stereocenters. The van der Waals surface area contributed by atoms with Crippen molar-refractivity contribution in [2.45, 2.75) is 32.4 Å². The van der Waals surface area contributed by atoms with Crippen LogP contribution < -0.4 is 20.3 Å². The van der Waals surface area contributed by atoms with Crippen LogP contribution in [0.1, 0.15) is 26.3 Å². The van der Waals surface area contributed by atoms with Gasteiger partial charge >= 0.3 is 0 Å². The van der Waals surface area contributed by atoms with Gasteiger partial charge in [-0.2, -0.15) is 0 Å². The Hall–Kier alpha value is -3.37. The predicted molar refractivity (Wildman–Crippen MR) is 150 cm³/mol. The quantitative estimate of drug-likeness (QED) is 0.385. The number of aromatic nitrogens is 1. The Morgan fingerprint density at radius 3 is 2.27 bits per heavy atom. The molecule has 0 atom stereocenters. The summed E-state index contributed by atoms with van der Waals surface area (Å²) in [6.07, 6.45) is 1.73. The third-order valence-corrected chi connectivity index (χ3v) is 8.48. The van der Waals surface area contributed by atoms with Crippen LogP contribution in [0.25, 0.3) is 0 Å². The van der Waals surface area contributed by atoms with Crippen LogP contribution in [0.15, 0.2) is 54.7 Å². The number of anilines is 6. The van der Waals surface area contributed by atoms with E-state index >= 15 is 0 Å². The number of nitrogens with one attached hydrogen (secondary N) is 3. The van der Waals surface area contributed by atoms with Gasteiger partial charge in [-0.25, -0.2) is 17.8 Å². The molecular formula is C27H35FN6O2S. The monoisotopic (exact) mass is 526 g/mol. The number of rotatable bonds is 7. The van der Waals surface area contributed by atoms with E-state index in [2.05, 4.69) is 37.2 Å². The lowest BCUT2D eigenvalue weighted by Gasteiger charge is -2.34. The molecule has 0 spiro atoms. The Kier molecular flexibility index (Phi) is 7.61. The molecule has 0 saturated carbocycles. The summed E-state index contributed by atoms with van der Waals surface area (Å²) in [6, 6.07) is 14.1. The molecule has 0 aliphatic carbocycles. The van der Waals surface area contributed by atoms with Gasteiger partial charge in [0.1, 0.15) is 11.6 Å². The van der Waals surface area contributed by atoms with Gasteiger partial charge in [0, 0.05) is 55.5 Å². The number of piperazine rings is 1. The standard InChI is InChI=1S/C27H35FN6O2S/c1-19-18-29-26(31-21-9-10-25(23(28)16-21)34-13-11-33(5)12-14-34)17-24(19)30-20-7-6-8-22(15-20)32-37(35,36)27(2,3)4/h6-10,15-18,32H,11-14H2,1-5H3,(H2,29,30,31). The summed E-state index contributed by atoms with van der Waals surface area (Å²) >= 11 is 0. The zero-order valence-electron chi connectivity index (χ0n) is 22.0. The van der Waals surface area contributed by atoms with Crippen molar-refractivity contribution in [3.63, 3.8) is 0 Å². The average molecular weight is 527 g/mol. The maximum Gasteiger partial charge on any atom is 0.237 e. The summed E-state index contributed by atoms with van der Waals surface area (Å²) < 4.78 is 41.7. The topological polar surface area (TPSA) is 89.6 Å². The minimum atomic E-state index is -3.54. The molecule has 10 heteroatoms. The van der Waals surface area contributed by atoms with Gasteiger partial charge in [-0.1, -0.05) is 6.07 Å². The molecule has 4 rings (SSSR count). The molecular weight excluding hydrogens is 491 g/mol. The second-order valence-electron chi connectivity index (χ2n) is 10.4. The summed E-state index contributed by atoms with van der Waals surface area (Å²) in [6.45, 7) is 10.3. The lowest BCUT2D eigenvalue weighted by atomic mass is 10.2. The second kappa shape index (κ2) is 10.5. The normalized spacial score (nSPS) is 14.9. The minimum Gasteiger partial charge on any atom is -0.367 e. The number of aryl methyl sites for hydroxylation is 1. The third-order valence-electron chi connectivity index (χ3n) is 6.37. The molecule has 8 nitrogen and oxygen atoms in total. The van der Waals surface area contributed by atoms with Gasteiger partial charge in [-0.3, -0.25) is 4.72 Å². The Morgan fingerprint density at radius 2 is 1.59 bits per heavy atom. The van der Waals surface area contributed by atoms with E-state index in [1.807, 2.05) is 25.1 Å². The third kappa shape index (κ3) is 6.50. The van der Waals surface area contributed by atoms with E-state index in [0.717, 1.165) is 43.1 Å². The van der Waals surface area contributed by atoms with Gasteiger partial charge < -0.3 is 20.4 Å². The van der Waals surface area contributed by atoms with E-state index in [4.69, 9.17) is 0 Å². The van der Waals surface area contributed by atoms with E-state index in [9.17, 15) is 12.8 Å². The van der Waals surface area contributed by atoms with Crippen LogP contribution in [0.2, 0.25) is 0 Å². The van der Waals surface area contributed by atoms with Gasteiger partial charge in [0.05, 0.1) is 16.1 Å². The molecule has 1 aliphatic rings. The average Bonchev–Trinajstić information content (AvgIpc) is 2.81. The molecule has 2 heterocycles. The smallest absolute Gasteiger partial charge is 0.237 e. The van der Waals surface area contributed by atoms with Crippen molar-refractivity contribution < 1.29 is 12.8 Å². The van der Waals surface area contributed by atoms with E-state index in [-0.39, 0.29) is 5.82 Å². The van der Waals surface area contributed by atoms with Crippen LogP contribution in [-0.2, 0) is 10.0 Å². The number of pyridine rings is 1. The molecule has 1 aliphatic heterocycles. The zero-order chi connectivity index (χ0) is 26.8. The molecule has 2 aromatic carbocycles. The van der Waals surface area contributed by atoms with Gasteiger partial charge in [0.2, 0.25) is 10.0 Å². The number of sulfonamides is 1. The van der Waals surface area contributed by atoms with Crippen LogP contribution in [0.3, 0.4) is 0 Å². The van der Waals surface area contributed by atoms with Crippen LogP contribution in [0, 0.1) is 12.7 Å². The number of hydrogen-bond acceptors (Lipinski definition) is 7. The fourth-order valence-electron chi connectivity index (χ4n) is 3.89. The van der Waals surface area contributed by atoms with Gasteiger partial charge in [-0.05, 0) is 76.7 Å². The largest absolute Gasteiger partial charge is 0.367 e. The van der Waals surface area contributed by atoms with Gasteiger partial charge in [-0.15, -0.1) is 0 Å². The van der Waals surface area contributed by atoms with Crippen LogP contribution >= 0.6 is 0 Å². The number of benzene rings is 2. The maximum atomic E-state index is 14.9.